The summed E-state index contributed by atoms with van der Waals surface area (Å²) in [6.07, 6.45) is 0. The molecule has 272 valence electrons. The molecule has 58 heavy (non-hydrogen) atoms. The van der Waals surface area contributed by atoms with Gasteiger partial charge in [-0.05, 0) is 71.3 Å². The topological polar surface area (TPSA) is 42.7 Å². The zero-order chi connectivity index (χ0) is 38.2. The van der Waals surface area contributed by atoms with E-state index in [1.807, 2.05) is 24.3 Å². The lowest BCUT2D eigenvalue weighted by atomic mass is 9.95. The van der Waals surface area contributed by atoms with Crippen LogP contribution in [0.2, 0.25) is 0 Å². The van der Waals surface area contributed by atoms with Gasteiger partial charge in [0.2, 0.25) is 0 Å². The van der Waals surface area contributed by atoms with Crippen LogP contribution in [0.1, 0.15) is 0 Å². The lowest BCUT2D eigenvalue weighted by Gasteiger charge is -2.29. The number of hydrogen-bond donors (Lipinski definition) is 0. The Morgan fingerprint density at radius 3 is 1.57 bits per heavy atom. The Kier molecular flexibility index (Phi) is 7.20. The molecule has 0 bridgehead atoms. The van der Waals surface area contributed by atoms with Crippen LogP contribution in [0.3, 0.4) is 0 Å². The van der Waals surface area contributed by atoms with E-state index in [2.05, 4.69) is 181 Å². The van der Waals surface area contributed by atoms with Gasteiger partial charge in [-0.3, -0.25) is 0 Å². The number of hydrogen-bond acceptors (Lipinski definition) is 4. The van der Waals surface area contributed by atoms with Crippen LogP contribution in [0.25, 0.3) is 99.2 Å². The van der Waals surface area contributed by atoms with Gasteiger partial charge in [0, 0.05) is 43.9 Å². The highest BCUT2D eigenvalue weighted by molar-refractivity contribution is 6.23. The molecule has 0 aliphatic rings. The molecule has 0 fully saturated rings. The molecule has 0 aliphatic heterocycles. The first-order valence-electron chi connectivity index (χ1n) is 19.6. The van der Waals surface area contributed by atoms with Crippen molar-refractivity contribution >= 4 is 82.9 Å². The van der Waals surface area contributed by atoms with Gasteiger partial charge < -0.3 is 18.2 Å². The lowest BCUT2D eigenvalue weighted by Crippen LogP contribution is -2.12. The van der Waals surface area contributed by atoms with Crippen LogP contribution in [-0.2, 0) is 0 Å². The number of para-hydroxylation sites is 3. The molecular formula is C54H33NO3. The Labute approximate surface area is 333 Å². The summed E-state index contributed by atoms with van der Waals surface area (Å²) in [4.78, 5) is 2.43. The van der Waals surface area contributed by atoms with Crippen molar-refractivity contribution in [3.8, 4) is 33.4 Å². The maximum absolute atomic E-state index is 6.97. The van der Waals surface area contributed by atoms with Crippen LogP contribution in [-0.4, -0.2) is 0 Å². The monoisotopic (exact) mass is 743 g/mol. The van der Waals surface area contributed by atoms with Gasteiger partial charge >= 0.3 is 0 Å². The Bertz CT molecular complexity index is 3500. The third kappa shape index (κ3) is 4.95. The van der Waals surface area contributed by atoms with E-state index in [1.54, 1.807) is 0 Å². The summed E-state index contributed by atoms with van der Waals surface area (Å²) in [7, 11) is 0. The molecule has 3 aromatic heterocycles. The predicted octanol–water partition coefficient (Wildman–Crippen LogP) is 15.9. The first-order valence-corrected chi connectivity index (χ1v) is 19.6. The van der Waals surface area contributed by atoms with E-state index >= 15 is 0 Å². The number of fused-ring (bicyclic) bond motifs is 9. The van der Waals surface area contributed by atoms with Gasteiger partial charge in [-0.2, -0.15) is 0 Å². The van der Waals surface area contributed by atoms with Crippen LogP contribution in [0.4, 0.5) is 17.1 Å². The second-order valence-corrected chi connectivity index (χ2v) is 14.8. The molecule has 4 heteroatoms. The molecule has 0 atom stereocenters. The second kappa shape index (κ2) is 12.9. The van der Waals surface area contributed by atoms with Crippen molar-refractivity contribution in [3.63, 3.8) is 0 Å². The quantitative estimate of drug-likeness (QED) is 0.170. The van der Waals surface area contributed by atoms with E-state index in [0.717, 1.165) is 116 Å². The molecule has 9 aromatic carbocycles. The highest BCUT2D eigenvalue weighted by atomic mass is 16.3. The summed E-state index contributed by atoms with van der Waals surface area (Å²) in [5, 5.41) is 6.26. The normalized spacial score (nSPS) is 11.8. The molecule has 12 rings (SSSR count). The summed E-state index contributed by atoms with van der Waals surface area (Å²) >= 11 is 0. The lowest BCUT2D eigenvalue weighted by molar-refractivity contribution is 0.668. The van der Waals surface area contributed by atoms with Crippen molar-refractivity contribution in [1.82, 2.24) is 0 Å². The minimum atomic E-state index is 0.808. The Morgan fingerprint density at radius 2 is 0.845 bits per heavy atom. The van der Waals surface area contributed by atoms with Crippen molar-refractivity contribution in [3.05, 3.63) is 200 Å². The maximum Gasteiger partial charge on any atom is 0.145 e. The number of anilines is 3. The van der Waals surface area contributed by atoms with Gasteiger partial charge in [0.25, 0.3) is 0 Å². The average Bonchev–Trinajstić information content (AvgIpc) is 3.99. The highest BCUT2D eigenvalue weighted by Crippen LogP contribution is 2.53. The van der Waals surface area contributed by atoms with Crippen molar-refractivity contribution < 1.29 is 13.3 Å². The Hall–Kier alpha value is -7.82. The standard InChI is InChI=1S/C54H33NO3/c1-4-15-34(16-5-1)38-29-32-49-51(43-24-14-23-39(53(43)58-49)35-17-6-2-7-18-35)52(38)55(37-27-31-48-44(33-37)41-21-10-12-25-46(41)56-48)45-30-28-40(36-19-8-3-9-20-36)54-50(45)42-22-11-13-26-47(42)57-54/h1-33H. The van der Waals surface area contributed by atoms with Gasteiger partial charge in [-0.15, -0.1) is 0 Å². The summed E-state index contributed by atoms with van der Waals surface area (Å²) in [6, 6.07) is 70.1. The summed E-state index contributed by atoms with van der Waals surface area (Å²) in [5.41, 5.74) is 14.5. The van der Waals surface area contributed by atoms with E-state index in [1.165, 1.54) is 0 Å². The Morgan fingerprint density at radius 1 is 0.310 bits per heavy atom. The van der Waals surface area contributed by atoms with Crippen LogP contribution < -0.4 is 4.90 Å². The van der Waals surface area contributed by atoms with Gasteiger partial charge in [0.1, 0.15) is 33.5 Å². The van der Waals surface area contributed by atoms with E-state index in [4.69, 9.17) is 13.3 Å². The largest absolute Gasteiger partial charge is 0.456 e. The fourth-order valence-corrected chi connectivity index (χ4v) is 8.88. The van der Waals surface area contributed by atoms with Crippen molar-refractivity contribution in [2.24, 2.45) is 0 Å². The van der Waals surface area contributed by atoms with Gasteiger partial charge in [-0.25, -0.2) is 0 Å². The second-order valence-electron chi connectivity index (χ2n) is 14.8. The first-order chi connectivity index (χ1) is 28.8. The summed E-state index contributed by atoms with van der Waals surface area (Å²) in [6.45, 7) is 0. The maximum atomic E-state index is 6.97. The zero-order valence-electron chi connectivity index (χ0n) is 31.2. The van der Waals surface area contributed by atoms with Crippen LogP contribution in [0.5, 0.6) is 0 Å². The van der Waals surface area contributed by atoms with Gasteiger partial charge in [0.15, 0.2) is 0 Å². The molecule has 0 N–H and O–H groups in total. The smallest absolute Gasteiger partial charge is 0.145 e. The van der Waals surface area contributed by atoms with Crippen LogP contribution >= 0.6 is 0 Å². The van der Waals surface area contributed by atoms with E-state index in [-0.39, 0.29) is 0 Å². The van der Waals surface area contributed by atoms with Crippen LogP contribution in [0.15, 0.2) is 213 Å². The Balaban J connectivity index is 1.26. The molecule has 4 nitrogen and oxygen atoms in total. The minimum absolute atomic E-state index is 0.808. The first kappa shape index (κ1) is 32.4. The molecule has 12 aromatic rings. The third-order valence-electron chi connectivity index (χ3n) is 11.5. The van der Waals surface area contributed by atoms with Crippen molar-refractivity contribution in [1.29, 1.82) is 0 Å². The fraction of sp³-hybridized carbons (Fsp3) is 0. The molecule has 3 heterocycles. The third-order valence-corrected chi connectivity index (χ3v) is 11.5. The average molecular weight is 744 g/mol. The minimum Gasteiger partial charge on any atom is -0.456 e. The van der Waals surface area contributed by atoms with E-state index in [0.29, 0.717) is 0 Å². The predicted molar refractivity (Wildman–Crippen MR) is 239 cm³/mol. The molecular weight excluding hydrogens is 711 g/mol. The molecule has 0 amide bonds. The molecule has 0 unspecified atom stereocenters. The number of furan rings is 3. The molecule has 0 saturated heterocycles. The number of rotatable bonds is 6. The van der Waals surface area contributed by atoms with Crippen molar-refractivity contribution in [2.75, 3.05) is 4.90 Å². The number of nitrogens with zero attached hydrogens (tertiary/aromatic N) is 1. The SMILES string of the molecule is c1ccc(-c2ccc3oc4c(-c5ccccc5)cccc4c3c2N(c2ccc3oc4ccccc4c3c2)c2ccc(-c3ccccc3)c3oc4ccccc4c23)cc1. The molecule has 0 aliphatic carbocycles. The summed E-state index contributed by atoms with van der Waals surface area (Å²) in [5.74, 6) is 0. The molecule has 0 radical (unpaired) electrons. The molecule has 0 saturated carbocycles. The van der Waals surface area contributed by atoms with Gasteiger partial charge in [0.05, 0.1) is 22.1 Å². The highest BCUT2D eigenvalue weighted by Gasteiger charge is 2.28. The van der Waals surface area contributed by atoms with Crippen molar-refractivity contribution in [2.45, 2.75) is 0 Å². The fourth-order valence-electron chi connectivity index (χ4n) is 8.88. The van der Waals surface area contributed by atoms with E-state index < -0.39 is 0 Å². The van der Waals surface area contributed by atoms with Gasteiger partial charge in [-0.1, -0.05) is 146 Å². The number of benzene rings is 9. The summed E-state index contributed by atoms with van der Waals surface area (Å²) < 4.78 is 20.2. The zero-order valence-corrected chi connectivity index (χ0v) is 31.2. The molecule has 0 spiro atoms. The van der Waals surface area contributed by atoms with E-state index in [9.17, 15) is 0 Å². The van der Waals surface area contributed by atoms with Crippen LogP contribution in [0, 0.1) is 0 Å².